The van der Waals surface area contributed by atoms with Crippen LogP contribution in [-0.4, -0.2) is 65.0 Å². The lowest BCUT2D eigenvalue weighted by atomic mass is 10.0. The minimum atomic E-state index is -4.59. The number of hydrogen-bond donors (Lipinski definition) is 3. The van der Waals surface area contributed by atoms with Crippen molar-refractivity contribution < 1.29 is 39.9 Å². The molecule has 1 fully saturated rings. The molecule has 2 heterocycles. The summed E-state index contributed by atoms with van der Waals surface area (Å²) in [6, 6.07) is 6.82. The van der Waals surface area contributed by atoms with Gasteiger partial charge < -0.3 is 20.3 Å². The zero-order valence-corrected chi connectivity index (χ0v) is 24.8. The Morgan fingerprint density at radius 3 is 2.56 bits per heavy atom. The molecule has 0 radical (unpaired) electrons. The Morgan fingerprint density at radius 1 is 1.19 bits per heavy atom. The van der Waals surface area contributed by atoms with E-state index in [1.807, 2.05) is 13.1 Å². The number of amides is 1. The second-order valence-electron chi connectivity index (χ2n) is 9.96. The van der Waals surface area contributed by atoms with Gasteiger partial charge in [0.15, 0.2) is 0 Å². The van der Waals surface area contributed by atoms with Crippen LogP contribution in [0.3, 0.4) is 0 Å². The molecule has 3 aromatic rings. The van der Waals surface area contributed by atoms with Gasteiger partial charge >= 0.3 is 6.18 Å². The Balaban J connectivity index is 1.61. The quantitative estimate of drug-likeness (QED) is 0.216. The molecule has 1 aliphatic heterocycles. The van der Waals surface area contributed by atoms with E-state index >= 15 is 0 Å². The van der Waals surface area contributed by atoms with Crippen molar-refractivity contribution in [2.24, 2.45) is 0 Å². The van der Waals surface area contributed by atoms with E-state index in [1.54, 1.807) is 16.9 Å². The highest BCUT2D eigenvalue weighted by molar-refractivity contribution is 7.90. The maximum absolute atomic E-state index is 14.7. The largest absolute Gasteiger partial charge is 0.461 e. The summed E-state index contributed by atoms with van der Waals surface area (Å²) >= 11 is 1.14. The fourth-order valence-corrected chi connectivity index (χ4v) is 6.94. The molecule has 1 aliphatic rings. The number of likely N-dealkylation sites (tertiary alicyclic amines) is 1. The van der Waals surface area contributed by atoms with Crippen molar-refractivity contribution in [1.29, 1.82) is 0 Å². The number of rotatable bonds is 9. The Morgan fingerprint density at radius 2 is 1.91 bits per heavy atom. The Bertz CT molecular complexity index is 1660. The number of carbonyl (C=O) groups is 1. The summed E-state index contributed by atoms with van der Waals surface area (Å²) in [5, 5.41) is 6.61. The molecular formula is C28H29F5N4O4S2. The number of nitrogens with one attached hydrogen (secondary N) is 3. The first-order chi connectivity index (χ1) is 20.3. The number of carbonyl (C=O) groups excluding carboxylic acids is 1. The van der Waals surface area contributed by atoms with Crippen molar-refractivity contribution in [3.05, 3.63) is 46.6 Å². The van der Waals surface area contributed by atoms with Crippen LogP contribution in [0.4, 0.5) is 33.3 Å². The van der Waals surface area contributed by atoms with E-state index in [1.165, 1.54) is 0 Å². The maximum Gasteiger partial charge on any atom is 0.393 e. The highest BCUT2D eigenvalue weighted by atomic mass is 32.2. The monoisotopic (exact) mass is 644 g/mol. The van der Waals surface area contributed by atoms with Gasteiger partial charge in [-0.05, 0) is 50.0 Å². The van der Waals surface area contributed by atoms with Gasteiger partial charge in [-0.1, -0.05) is 24.0 Å². The molecule has 4 rings (SSSR count). The molecular weight excluding hydrogens is 615 g/mol. The van der Waals surface area contributed by atoms with Gasteiger partial charge in [-0.25, -0.2) is 21.9 Å². The molecule has 43 heavy (non-hydrogen) atoms. The van der Waals surface area contributed by atoms with Gasteiger partial charge in [0.2, 0.25) is 12.8 Å². The van der Waals surface area contributed by atoms with Crippen LogP contribution in [0.25, 0.3) is 10.1 Å². The number of thiophene rings is 1. The molecule has 0 spiro atoms. The van der Waals surface area contributed by atoms with Crippen LogP contribution in [0.5, 0.6) is 5.75 Å². The van der Waals surface area contributed by atoms with E-state index in [0.717, 1.165) is 55.9 Å². The first kappa shape index (κ1) is 32.3. The van der Waals surface area contributed by atoms with E-state index < -0.39 is 46.1 Å². The highest BCUT2D eigenvalue weighted by Gasteiger charge is 2.31. The van der Waals surface area contributed by atoms with E-state index in [4.69, 9.17) is 4.74 Å². The fourth-order valence-electron chi connectivity index (χ4n) is 4.70. The first-order valence-corrected chi connectivity index (χ1v) is 15.4. The smallest absolute Gasteiger partial charge is 0.393 e. The first-order valence-electron chi connectivity index (χ1n) is 13.1. The molecule has 0 atom stereocenters. The summed E-state index contributed by atoms with van der Waals surface area (Å²) in [6.07, 6.45) is -3.84. The summed E-state index contributed by atoms with van der Waals surface area (Å²) in [6.45, 7) is 1.16. The normalized spacial score (nSPS) is 14.7. The topological polar surface area (TPSA) is 99.8 Å². The van der Waals surface area contributed by atoms with Crippen LogP contribution in [0.2, 0.25) is 0 Å². The second-order valence-corrected chi connectivity index (χ2v) is 12.6. The average Bonchev–Trinajstić information content (AvgIpc) is 3.25. The van der Waals surface area contributed by atoms with Gasteiger partial charge in [0, 0.05) is 25.1 Å². The molecule has 3 N–H and O–H groups in total. The lowest BCUT2D eigenvalue weighted by Crippen LogP contribution is -2.36. The SMILES string of the molecule is CC(=O)NS(=O)(=O)c1cc(OCF)c(NCC#Cc2sc3c(NC4CCN(C)CC4)cccc3c2CC(F)(F)F)cc1F. The molecule has 0 aliphatic carbocycles. The van der Waals surface area contributed by atoms with Crippen LogP contribution in [0.15, 0.2) is 35.2 Å². The van der Waals surface area contributed by atoms with Crippen molar-refractivity contribution in [2.75, 3.05) is 44.2 Å². The van der Waals surface area contributed by atoms with Crippen LogP contribution in [0.1, 0.15) is 30.2 Å². The number of piperidine rings is 1. The van der Waals surface area contributed by atoms with Crippen molar-refractivity contribution >= 4 is 48.7 Å². The van der Waals surface area contributed by atoms with Gasteiger partial charge in [-0.2, -0.15) is 13.2 Å². The fraction of sp³-hybridized carbons (Fsp3) is 0.393. The molecule has 1 amide bonds. The number of nitrogens with zero attached hydrogens (tertiary/aromatic N) is 1. The molecule has 0 saturated carbocycles. The van der Waals surface area contributed by atoms with E-state index in [9.17, 15) is 35.2 Å². The van der Waals surface area contributed by atoms with Crippen LogP contribution in [0, 0.1) is 17.7 Å². The molecule has 2 aromatic carbocycles. The number of benzene rings is 2. The third kappa shape index (κ3) is 8.27. The maximum atomic E-state index is 14.7. The molecule has 15 heteroatoms. The summed E-state index contributed by atoms with van der Waals surface area (Å²) in [5.41, 5.74) is 0.638. The molecule has 0 bridgehead atoms. The molecule has 232 valence electrons. The number of fused-ring (bicyclic) bond motifs is 1. The Kier molecular flexibility index (Phi) is 10.0. The molecule has 1 saturated heterocycles. The van der Waals surface area contributed by atoms with Crippen LogP contribution in [-0.2, 0) is 21.2 Å². The molecule has 0 unspecified atom stereocenters. The number of sulfonamides is 1. The summed E-state index contributed by atoms with van der Waals surface area (Å²) in [4.78, 5) is 12.7. The molecule has 8 nitrogen and oxygen atoms in total. The van der Waals surface area contributed by atoms with Gasteiger partial charge in [0.25, 0.3) is 10.0 Å². The van der Waals surface area contributed by atoms with E-state index in [2.05, 4.69) is 27.4 Å². The third-order valence-electron chi connectivity index (χ3n) is 6.65. The standard InChI is InChI=1S/C28H29F5N4O4S2/c1-17(38)36-43(39,40)26-14-24(41-16-29)23(13-21(26)30)34-10-4-7-25-20(15-28(31,32)33)19-5-3-6-22(27(19)42-25)35-18-8-11-37(2)12-9-18/h3,5-6,13-14,18,34-35H,8-12,15-16H2,1-2H3,(H,36,38). The minimum absolute atomic E-state index is 0.0482. The predicted octanol–water partition coefficient (Wildman–Crippen LogP) is 5.25. The van der Waals surface area contributed by atoms with Crippen LogP contribution < -0.4 is 20.1 Å². The number of halogens is 5. The third-order valence-corrected chi connectivity index (χ3v) is 9.30. The number of anilines is 2. The number of hydrogen-bond acceptors (Lipinski definition) is 8. The zero-order chi connectivity index (χ0) is 31.4. The molecule has 1 aromatic heterocycles. The minimum Gasteiger partial charge on any atom is -0.461 e. The second kappa shape index (κ2) is 13.4. The van der Waals surface area contributed by atoms with Gasteiger partial charge in [0.1, 0.15) is 16.5 Å². The van der Waals surface area contributed by atoms with Crippen molar-refractivity contribution in [3.8, 4) is 17.6 Å². The summed E-state index contributed by atoms with van der Waals surface area (Å²) < 4.78 is 99.9. The van der Waals surface area contributed by atoms with Crippen molar-refractivity contribution in [2.45, 2.75) is 43.3 Å². The lowest BCUT2D eigenvalue weighted by molar-refractivity contribution is -0.127. The van der Waals surface area contributed by atoms with Gasteiger partial charge in [-0.3, -0.25) is 4.79 Å². The zero-order valence-electron chi connectivity index (χ0n) is 23.2. The van der Waals surface area contributed by atoms with Crippen molar-refractivity contribution in [3.63, 3.8) is 0 Å². The van der Waals surface area contributed by atoms with Gasteiger partial charge in [0.05, 0.1) is 33.9 Å². The highest BCUT2D eigenvalue weighted by Crippen LogP contribution is 2.39. The average molecular weight is 645 g/mol. The Hall–Kier alpha value is -3.61. The van der Waals surface area contributed by atoms with Crippen LogP contribution >= 0.6 is 11.3 Å². The van der Waals surface area contributed by atoms with Crippen molar-refractivity contribution in [1.82, 2.24) is 9.62 Å². The predicted molar refractivity (Wildman–Crippen MR) is 155 cm³/mol. The van der Waals surface area contributed by atoms with E-state index in [0.29, 0.717) is 16.2 Å². The van der Waals surface area contributed by atoms with Gasteiger partial charge in [-0.15, -0.1) is 11.3 Å². The van der Waals surface area contributed by atoms with E-state index in [-0.39, 0.29) is 34.5 Å². The summed E-state index contributed by atoms with van der Waals surface area (Å²) in [7, 11) is -2.55. The number of alkyl halides is 4. The lowest BCUT2D eigenvalue weighted by Gasteiger charge is -2.30. The Labute approximate surface area is 249 Å². The number of ether oxygens (including phenoxy) is 1. The summed E-state index contributed by atoms with van der Waals surface area (Å²) in [5.74, 6) is 2.90.